The SMILES string of the molecule is CN1CCN(NC(=O)N2C(C(=O)O)CSC2C2CC2)CC1. The van der Waals surface area contributed by atoms with Crippen LogP contribution in [0, 0.1) is 5.92 Å². The maximum Gasteiger partial charge on any atom is 0.333 e. The van der Waals surface area contributed by atoms with Gasteiger partial charge >= 0.3 is 12.0 Å². The summed E-state index contributed by atoms with van der Waals surface area (Å²) < 4.78 is 0. The Bertz CT molecular complexity index is 424. The quantitative estimate of drug-likeness (QED) is 0.769. The Hall–Kier alpha value is -0.990. The summed E-state index contributed by atoms with van der Waals surface area (Å²) in [6.45, 7) is 3.36. The minimum Gasteiger partial charge on any atom is -0.480 e. The van der Waals surface area contributed by atoms with Gasteiger partial charge in [0, 0.05) is 31.9 Å². The highest BCUT2D eigenvalue weighted by molar-refractivity contribution is 8.00. The van der Waals surface area contributed by atoms with Crippen LogP contribution in [0.4, 0.5) is 4.79 Å². The Balaban J connectivity index is 1.63. The number of carbonyl (C=O) groups excluding carboxylic acids is 1. The van der Waals surface area contributed by atoms with Crippen LogP contribution in [0.2, 0.25) is 0 Å². The fourth-order valence-corrected chi connectivity index (χ4v) is 4.46. The van der Waals surface area contributed by atoms with E-state index in [2.05, 4.69) is 17.4 Å². The van der Waals surface area contributed by atoms with E-state index in [1.807, 2.05) is 5.01 Å². The van der Waals surface area contributed by atoms with Crippen molar-refractivity contribution >= 4 is 23.8 Å². The first-order chi connectivity index (χ1) is 10.1. The minimum absolute atomic E-state index is 0.0264. The van der Waals surface area contributed by atoms with Gasteiger partial charge in [0.1, 0.15) is 6.04 Å². The molecule has 2 saturated heterocycles. The smallest absolute Gasteiger partial charge is 0.333 e. The lowest BCUT2D eigenvalue weighted by molar-refractivity contribution is -0.141. The summed E-state index contributed by atoms with van der Waals surface area (Å²) in [6.07, 6.45) is 2.20. The predicted octanol–water partition coefficient (Wildman–Crippen LogP) is 0.0965. The molecule has 0 aromatic heterocycles. The van der Waals surface area contributed by atoms with Crippen molar-refractivity contribution in [2.24, 2.45) is 5.92 Å². The first kappa shape index (κ1) is 14.9. The minimum atomic E-state index is -0.904. The van der Waals surface area contributed by atoms with Gasteiger partial charge in [0.25, 0.3) is 0 Å². The van der Waals surface area contributed by atoms with Gasteiger partial charge < -0.3 is 10.0 Å². The summed E-state index contributed by atoms with van der Waals surface area (Å²) in [4.78, 5) is 27.7. The average Bonchev–Trinajstić information content (AvgIpc) is 3.19. The fraction of sp³-hybridized carbons (Fsp3) is 0.846. The number of likely N-dealkylation sites (N-methyl/N-ethyl adjacent to an activating group) is 1. The second kappa shape index (κ2) is 6.02. The Morgan fingerprint density at radius 3 is 2.43 bits per heavy atom. The normalized spacial score (nSPS) is 31.4. The third kappa shape index (κ3) is 3.27. The number of carbonyl (C=O) groups is 2. The van der Waals surface area contributed by atoms with Crippen LogP contribution >= 0.6 is 11.8 Å². The van der Waals surface area contributed by atoms with E-state index in [9.17, 15) is 14.7 Å². The van der Waals surface area contributed by atoms with E-state index in [0.717, 1.165) is 39.0 Å². The number of urea groups is 1. The van der Waals surface area contributed by atoms with Gasteiger partial charge in [-0.3, -0.25) is 10.3 Å². The van der Waals surface area contributed by atoms with Crippen LogP contribution in [0.1, 0.15) is 12.8 Å². The van der Waals surface area contributed by atoms with Crippen LogP contribution in [-0.4, -0.2) is 82.3 Å². The molecule has 3 aliphatic rings. The summed E-state index contributed by atoms with van der Waals surface area (Å²) in [6, 6.07) is -0.957. The van der Waals surface area contributed by atoms with E-state index in [-0.39, 0.29) is 11.4 Å². The number of nitrogens with one attached hydrogen (secondary N) is 1. The van der Waals surface area contributed by atoms with Crippen molar-refractivity contribution in [3.05, 3.63) is 0 Å². The van der Waals surface area contributed by atoms with Crippen LogP contribution < -0.4 is 5.43 Å². The number of carboxylic acids is 1. The van der Waals surface area contributed by atoms with Gasteiger partial charge in [-0.05, 0) is 25.8 Å². The molecule has 2 heterocycles. The molecule has 0 spiro atoms. The summed E-state index contributed by atoms with van der Waals surface area (Å²) >= 11 is 1.61. The average molecular weight is 314 g/mol. The van der Waals surface area contributed by atoms with Gasteiger partial charge in [0.05, 0.1) is 5.37 Å². The van der Waals surface area contributed by atoms with Crippen molar-refractivity contribution in [1.82, 2.24) is 20.2 Å². The summed E-state index contributed by atoms with van der Waals surface area (Å²) in [5.74, 6) is 0.0592. The molecule has 1 saturated carbocycles. The Morgan fingerprint density at radius 2 is 1.86 bits per heavy atom. The molecule has 3 fully saturated rings. The molecule has 2 aliphatic heterocycles. The summed E-state index contributed by atoms with van der Waals surface area (Å²) in [7, 11) is 2.06. The summed E-state index contributed by atoms with van der Waals surface area (Å²) in [5.41, 5.74) is 2.90. The summed E-state index contributed by atoms with van der Waals surface area (Å²) in [5, 5.41) is 11.3. The lowest BCUT2D eigenvalue weighted by Crippen LogP contribution is -2.58. The standard InChI is InChI=1S/C13H22N4O3S/c1-15-4-6-16(7-5-15)14-13(20)17-10(12(18)19)8-21-11(17)9-2-3-9/h9-11H,2-8H2,1H3,(H,14,20)(H,18,19). The van der Waals surface area contributed by atoms with Crippen molar-refractivity contribution in [1.29, 1.82) is 0 Å². The molecule has 7 nitrogen and oxygen atoms in total. The Morgan fingerprint density at radius 1 is 1.19 bits per heavy atom. The van der Waals surface area contributed by atoms with Gasteiger partial charge in [0.15, 0.2) is 0 Å². The second-order valence-electron chi connectivity index (χ2n) is 6.03. The molecule has 3 rings (SSSR count). The van der Waals surface area contributed by atoms with E-state index in [1.165, 1.54) is 0 Å². The highest BCUT2D eigenvalue weighted by atomic mass is 32.2. The highest BCUT2D eigenvalue weighted by Crippen LogP contribution is 2.45. The van der Waals surface area contributed by atoms with Crippen LogP contribution in [0.3, 0.4) is 0 Å². The van der Waals surface area contributed by atoms with Crippen molar-refractivity contribution in [2.75, 3.05) is 39.0 Å². The monoisotopic (exact) mass is 314 g/mol. The van der Waals surface area contributed by atoms with E-state index in [4.69, 9.17) is 0 Å². The van der Waals surface area contributed by atoms with Gasteiger partial charge in [-0.2, -0.15) is 0 Å². The molecular weight excluding hydrogens is 292 g/mol. The van der Waals surface area contributed by atoms with E-state index < -0.39 is 12.0 Å². The number of amides is 2. The maximum absolute atomic E-state index is 12.5. The molecule has 1 aliphatic carbocycles. The zero-order valence-corrected chi connectivity index (χ0v) is 13.0. The van der Waals surface area contributed by atoms with E-state index in [1.54, 1.807) is 16.7 Å². The van der Waals surface area contributed by atoms with Crippen LogP contribution in [0.25, 0.3) is 0 Å². The van der Waals surface area contributed by atoms with Crippen molar-refractivity contribution < 1.29 is 14.7 Å². The third-order valence-corrected chi connectivity index (χ3v) is 5.80. The molecule has 2 atom stereocenters. The Labute approximate surface area is 128 Å². The van der Waals surface area contributed by atoms with Crippen LogP contribution in [0.5, 0.6) is 0 Å². The molecule has 118 valence electrons. The number of nitrogens with zero attached hydrogens (tertiary/aromatic N) is 3. The van der Waals surface area contributed by atoms with E-state index in [0.29, 0.717) is 11.7 Å². The zero-order chi connectivity index (χ0) is 15.0. The largest absolute Gasteiger partial charge is 0.480 e. The molecule has 0 radical (unpaired) electrons. The van der Waals surface area contributed by atoms with Gasteiger partial charge in [-0.1, -0.05) is 0 Å². The number of hydrogen-bond donors (Lipinski definition) is 2. The second-order valence-corrected chi connectivity index (χ2v) is 7.18. The van der Waals surface area contributed by atoms with Gasteiger partial charge in [-0.15, -0.1) is 11.8 Å². The van der Waals surface area contributed by atoms with Crippen LogP contribution in [0.15, 0.2) is 0 Å². The van der Waals surface area contributed by atoms with Crippen molar-refractivity contribution in [3.63, 3.8) is 0 Å². The molecular formula is C13H22N4O3S. The molecule has 2 unspecified atom stereocenters. The highest BCUT2D eigenvalue weighted by Gasteiger charge is 2.48. The van der Waals surface area contributed by atoms with Crippen molar-refractivity contribution in [3.8, 4) is 0 Å². The van der Waals surface area contributed by atoms with Gasteiger partial charge in [0.2, 0.25) is 0 Å². The lowest BCUT2D eigenvalue weighted by atomic mass is 10.2. The topological polar surface area (TPSA) is 76.1 Å². The predicted molar refractivity (Wildman–Crippen MR) is 79.8 cm³/mol. The molecule has 8 heteroatoms. The first-order valence-corrected chi connectivity index (χ1v) is 8.48. The molecule has 0 aromatic rings. The first-order valence-electron chi connectivity index (χ1n) is 7.43. The number of carboxylic acid groups (broad SMARTS) is 1. The van der Waals surface area contributed by atoms with Crippen molar-refractivity contribution in [2.45, 2.75) is 24.3 Å². The third-order valence-electron chi connectivity index (χ3n) is 4.34. The molecule has 21 heavy (non-hydrogen) atoms. The number of thioether (sulfide) groups is 1. The fourth-order valence-electron chi connectivity index (χ4n) is 2.83. The molecule has 0 aromatic carbocycles. The number of rotatable bonds is 3. The molecule has 2 N–H and O–H groups in total. The number of hydrogen-bond acceptors (Lipinski definition) is 5. The number of aliphatic carboxylic acids is 1. The number of piperazine rings is 1. The van der Waals surface area contributed by atoms with E-state index >= 15 is 0 Å². The lowest BCUT2D eigenvalue weighted by Gasteiger charge is -2.35. The molecule has 2 amide bonds. The maximum atomic E-state index is 12.5. The zero-order valence-electron chi connectivity index (χ0n) is 12.2. The number of hydrazine groups is 1. The van der Waals surface area contributed by atoms with Crippen LogP contribution in [-0.2, 0) is 4.79 Å². The Kier molecular flexibility index (Phi) is 4.28. The van der Waals surface area contributed by atoms with Gasteiger partial charge in [-0.25, -0.2) is 14.6 Å². The molecule has 0 bridgehead atoms.